The first-order chi connectivity index (χ1) is 10.3. The molecule has 0 aromatic heterocycles. The van der Waals surface area contributed by atoms with Crippen LogP contribution in [0.5, 0.6) is 11.5 Å². The molecule has 1 aliphatic heterocycles. The molecule has 0 amide bonds. The number of fused-ring (bicyclic) bond motifs is 1. The van der Waals surface area contributed by atoms with Gasteiger partial charge in [0.15, 0.2) is 11.5 Å². The first-order valence-corrected chi connectivity index (χ1v) is 8.42. The third-order valence-electron chi connectivity index (χ3n) is 4.68. The van der Waals surface area contributed by atoms with Crippen LogP contribution < -0.4 is 14.8 Å². The Morgan fingerprint density at radius 3 is 2.48 bits per heavy atom. The van der Waals surface area contributed by atoms with E-state index in [4.69, 9.17) is 21.1 Å². The fourth-order valence-corrected chi connectivity index (χ4v) is 3.79. The number of rotatable bonds is 4. The summed E-state index contributed by atoms with van der Waals surface area (Å²) in [6.07, 6.45) is 7.98. The molecule has 0 spiro atoms. The van der Waals surface area contributed by atoms with Crippen molar-refractivity contribution in [3.63, 3.8) is 0 Å². The Morgan fingerprint density at radius 2 is 1.81 bits per heavy atom. The topological polar surface area (TPSA) is 30.5 Å². The number of benzene rings is 1. The third kappa shape index (κ3) is 3.46. The van der Waals surface area contributed by atoms with Gasteiger partial charge >= 0.3 is 0 Å². The first kappa shape index (κ1) is 15.0. The highest BCUT2D eigenvalue weighted by Crippen LogP contribution is 2.40. The highest BCUT2D eigenvalue weighted by molar-refractivity contribution is 6.31. The van der Waals surface area contributed by atoms with Crippen LogP contribution in [0.25, 0.3) is 0 Å². The molecule has 1 aliphatic carbocycles. The Labute approximate surface area is 132 Å². The predicted octanol–water partition coefficient (Wildman–Crippen LogP) is 4.34. The molecule has 3 nitrogen and oxygen atoms in total. The Bertz CT molecular complexity index is 486. The van der Waals surface area contributed by atoms with Gasteiger partial charge in [-0.15, -0.1) is 0 Å². The summed E-state index contributed by atoms with van der Waals surface area (Å²) in [4.78, 5) is 0. The lowest BCUT2D eigenvalue weighted by Crippen LogP contribution is -2.22. The number of nitrogens with one attached hydrogen (secondary N) is 1. The summed E-state index contributed by atoms with van der Waals surface area (Å²) >= 11 is 6.48. The Hall–Kier alpha value is -0.930. The minimum absolute atomic E-state index is 0.288. The maximum absolute atomic E-state index is 6.48. The number of halogens is 1. The second-order valence-corrected chi connectivity index (χ2v) is 6.51. The van der Waals surface area contributed by atoms with E-state index in [1.165, 1.54) is 32.1 Å². The van der Waals surface area contributed by atoms with Crippen molar-refractivity contribution in [2.75, 3.05) is 20.3 Å². The zero-order valence-corrected chi connectivity index (χ0v) is 13.4. The second-order valence-electron chi connectivity index (χ2n) is 6.10. The zero-order valence-electron chi connectivity index (χ0n) is 12.7. The van der Waals surface area contributed by atoms with Crippen molar-refractivity contribution in [3.05, 3.63) is 22.7 Å². The molecule has 0 radical (unpaired) electrons. The van der Waals surface area contributed by atoms with Gasteiger partial charge in [-0.3, -0.25) is 0 Å². The van der Waals surface area contributed by atoms with E-state index in [9.17, 15) is 0 Å². The van der Waals surface area contributed by atoms with Gasteiger partial charge in [0.1, 0.15) is 13.2 Å². The van der Waals surface area contributed by atoms with Gasteiger partial charge in [-0.2, -0.15) is 0 Å². The van der Waals surface area contributed by atoms with E-state index in [1.54, 1.807) is 0 Å². The van der Waals surface area contributed by atoms with E-state index in [0.29, 0.717) is 13.2 Å². The molecule has 116 valence electrons. The van der Waals surface area contributed by atoms with E-state index in [-0.39, 0.29) is 6.04 Å². The van der Waals surface area contributed by atoms with Crippen molar-refractivity contribution in [3.8, 4) is 11.5 Å². The molecule has 0 bridgehead atoms. The molecule has 2 aliphatic rings. The van der Waals surface area contributed by atoms with E-state index >= 15 is 0 Å². The summed E-state index contributed by atoms with van der Waals surface area (Å²) in [5, 5.41) is 4.21. The maximum atomic E-state index is 6.48. The third-order valence-corrected chi connectivity index (χ3v) is 5.01. The Morgan fingerprint density at radius 1 is 1.14 bits per heavy atom. The Kier molecular flexibility index (Phi) is 4.91. The number of hydrogen-bond acceptors (Lipinski definition) is 3. The van der Waals surface area contributed by atoms with Crippen LogP contribution in [0.2, 0.25) is 5.02 Å². The van der Waals surface area contributed by atoms with Gasteiger partial charge in [-0.25, -0.2) is 0 Å². The predicted molar refractivity (Wildman–Crippen MR) is 85.4 cm³/mol. The standard InChI is InChI=1S/C17H24ClNO2/c1-19-15(9-12-5-3-2-4-6-12)13-10-16-17(11-14(13)18)21-8-7-20-16/h10-12,15,19H,2-9H2,1H3. The lowest BCUT2D eigenvalue weighted by molar-refractivity contribution is 0.171. The zero-order chi connectivity index (χ0) is 14.7. The van der Waals surface area contributed by atoms with Gasteiger partial charge < -0.3 is 14.8 Å². The van der Waals surface area contributed by atoms with Crippen LogP contribution in [-0.2, 0) is 0 Å². The van der Waals surface area contributed by atoms with Crippen molar-refractivity contribution in [1.82, 2.24) is 5.32 Å². The SMILES string of the molecule is CNC(CC1CCCCC1)c1cc2c(cc1Cl)OCCO2. The number of hydrogen-bond donors (Lipinski definition) is 1. The van der Waals surface area contributed by atoms with Crippen LogP contribution in [0.15, 0.2) is 12.1 Å². The molecule has 1 aromatic carbocycles. The molecule has 1 atom stereocenters. The summed E-state index contributed by atoms with van der Waals surface area (Å²) in [6.45, 7) is 1.21. The quantitative estimate of drug-likeness (QED) is 0.897. The van der Waals surface area contributed by atoms with E-state index in [0.717, 1.165) is 34.4 Å². The molecule has 1 heterocycles. The molecular formula is C17H24ClNO2. The molecule has 1 N–H and O–H groups in total. The van der Waals surface area contributed by atoms with Crippen LogP contribution in [0.3, 0.4) is 0 Å². The van der Waals surface area contributed by atoms with Crippen molar-refractivity contribution >= 4 is 11.6 Å². The van der Waals surface area contributed by atoms with Crippen LogP contribution >= 0.6 is 11.6 Å². The van der Waals surface area contributed by atoms with Gasteiger partial charge in [-0.1, -0.05) is 43.7 Å². The van der Waals surface area contributed by atoms with Crippen molar-refractivity contribution in [2.24, 2.45) is 5.92 Å². The van der Waals surface area contributed by atoms with Crippen molar-refractivity contribution in [2.45, 2.75) is 44.6 Å². The average Bonchev–Trinajstić information content (AvgIpc) is 2.53. The normalized spacial score (nSPS) is 20.3. The fraction of sp³-hybridized carbons (Fsp3) is 0.647. The molecule has 4 heteroatoms. The molecule has 1 aromatic rings. The summed E-state index contributed by atoms with van der Waals surface area (Å²) in [5.74, 6) is 2.40. The monoisotopic (exact) mass is 309 g/mol. The minimum atomic E-state index is 0.288. The van der Waals surface area contributed by atoms with Gasteiger partial charge in [0.05, 0.1) is 0 Å². The molecule has 0 saturated heterocycles. The van der Waals surface area contributed by atoms with Gasteiger partial charge in [0.25, 0.3) is 0 Å². The van der Waals surface area contributed by atoms with E-state index in [2.05, 4.69) is 11.4 Å². The minimum Gasteiger partial charge on any atom is -0.486 e. The van der Waals surface area contributed by atoms with Gasteiger partial charge in [0, 0.05) is 17.1 Å². The van der Waals surface area contributed by atoms with E-state index < -0.39 is 0 Å². The lowest BCUT2D eigenvalue weighted by Gasteiger charge is -2.28. The smallest absolute Gasteiger partial charge is 0.162 e. The van der Waals surface area contributed by atoms with Crippen LogP contribution in [-0.4, -0.2) is 20.3 Å². The van der Waals surface area contributed by atoms with Crippen LogP contribution in [0.4, 0.5) is 0 Å². The molecule has 1 saturated carbocycles. The molecule has 1 fully saturated rings. The molecule has 3 rings (SSSR count). The van der Waals surface area contributed by atoms with E-state index in [1.807, 2.05) is 13.1 Å². The molecule has 1 unspecified atom stereocenters. The van der Waals surface area contributed by atoms with Crippen molar-refractivity contribution < 1.29 is 9.47 Å². The lowest BCUT2D eigenvalue weighted by atomic mass is 9.83. The summed E-state index contributed by atoms with van der Waals surface area (Å²) in [7, 11) is 2.01. The largest absolute Gasteiger partial charge is 0.486 e. The average molecular weight is 310 g/mol. The Balaban J connectivity index is 1.79. The first-order valence-electron chi connectivity index (χ1n) is 8.04. The van der Waals surface area contributed by atoms with Crippen LogP contribution in [0, 0.1) is 5.92 Å². The van der Waals surface area contributed by atoms with Crippen LogP contribution in [0.1, 0.15) is 50.1 Å². The summed E-state index contributed by atoms with van der Waals surface area (Å²) < 4.78 is 11.3. The summed E-state index contributed by atoms with van der Waals surface area (Å²) in [5.41, 5.74) is 1.13. The highest BCUT2D eigenvalue weighted by Gasteiger charge is 2.23. The highest BCUT2D eigenvalue weighted by atomic mass is 35.5. The molecule has 21 heavy (non-hydrogen) atoms. The van der Waals surface area contributed by atoms with Crippen molar-refractivity contribution in [1.29, 1.82) is 0 Å². The summed E-state index contributed by atoms with van der Waals surface area (Å²) in [6, 6.07) is 4.24. The number of ether oxygens (including phenoxy) is 2. The molecular weight excluding hydrogens is 286 g/mol. The fourth-order valence-electron chi connectivity index (χ4n) is 3.50. The maximum Gasteiger partial charge on any atom is 0.162 e. The van der Waals surface area contributed by atoms with Gasteiger partial charge in [0.2, 0.25) is 0 Å². The second kappa shape index (κ2) is 6.89. The van der Waals surface area contributed by atoms with Gasteiger partial charge in [-0.05, 0) is 31.0 Å².